The summed E-state index contributed by atoms with van der Waals surface area (Å²) in [6.45, 7) is 4.37. The smallest absolute Gasteiger partial charge is 0.239 e. The molecule has 1 unspecified atom stereocenters. The van der Waals surface area contributed by atoms with Crippen molar-refractivity contribution in [3.8, 4) is 0 Å². The number of aromatic nitrogens is 2. The number of likely N-dealkylation sites (tertiary alicyclic amines) is 1. The van der Waals surface area contributed by atoms with Crippen LogP contribution in [-0.4, -0.2) is 46.6 Å². The molecular formula is C12H20N4O2. The van der Waals surface area contributed by atoms with Crippen molar-refractivity contribution >= 4 is 5.91 Å². The van der Waals surface area contributed by atoms with Gasteiger partial charge in [0.15, 0.2) is 6.33 Å². The van der Waals surface area contributed by atoms with Crippen molar-refractivity contribution in [1.29, 1.82) is 0 Å². The number of rotatable bonds is 5. The number of nitrogens with one attached hydrogen (secondary N) is 1. The van der Waals surface area contributed by atoms with Crippen LogP contribution in [0.4, 0.5) is 0 Å². The number of carbonyl (C=O) groups is 1. The molecule has 2 heterocycles. The van der Waals surface area contributed by atoms with Gasteiger partial charge in [-0.1, -0.05) is 5.16 Å². The second kappa shape index (κ2) is 6.49. The van der Waals surface area contributed by atoms with E-state index in [4.69, 9.17) is 4.52 Å². The Labute approximate surface area is 107 Å². The summed E-state index contributed by atoms with van der Waals surface area (Å²) in [4.78, 5) is 18.0. The number of piperidine rings is 1. The van der Waals surface area contributed by atoms with Gasteiger partial charge in [0.05, 0.1) is 6.04 Å². The fourth-order valence-electron chi connectivity index (χ4n) is 2.18. The molecule has 6 heteroatoms. The zero-order valence-electron chi connectivity index (χ0n) is 10.8. The highest BCUT2D eigenvalue weighted by molar-refractivity contribution is 5.81. The van der Waals surface area contributed by atoms with Crippen molar-refractivity contribution < 1.29 is 9.32 Å². The van der Waals surface area contributed by atoms with Crippen LogP contribution in [0.5, 0.6) is 0 Å². The molecule has 2 rings (SSSR count). The highest BCUT2D eigenvalue weighted by Crippen LogP contribution is 2.09. The second-order valence-corrected chi connectivity index (χ2v) is 4.65. The summed E-state index contributed by atoms with van der Waals surface area (Å²) in [6.07, 6.45) is 5.53. The van der Waals surface area contributed by atoms with E-state index in [1.165, 1.54) is 12.7 Å². The highest BCUT2D eigenvalue weighted by Gasteiger charge is 2.21. The van der Waals surface area contributed by atoms with E-state index < -0.39 is 0 Å². The Morgan fingerprint density at radius 3 is 2.94 bits per heavy atom. The summed E-state index contributed by atoms with van der Waals surface area (Å²) >= 11 is 0. The molecule has 1 aliphatic rings. The third-order valence-corrected chi connectivity index (χ3v) is 3.23. The van der Waals surface area contributed by atoms with E-state index in [2.05, 4.69) is 15.5 Å². The molecule has 0 saturated carbocycles. The topological polar surface area (TPSA) is 71.3 Å². The second-order valence-electron chi connectivity index (χ2n) is 4.65. The van der Waals surface area contributed by atoms with Gasteiger partial charge in [0, 0.05) is 26.1 Å². The number of hydrogen-bond donors (Lipinski definition) is 1. The number of amides is 1. The van der Waals surface area contributed by atoms with Gasteiger partial charge < -0.3 is 14.7 Å². The van der Waals surface area contributed by atoms with Crippen molar-refractivity contribution in [3.05, 3.63) is 12.2 Å². The van der Waals surface area contributed by atoms with E-state index in [9.17, 15) is 4.79 Å². The van der Waals surface area contributed by atoms with Crippen LogP contribution in [0.15, 0.2) is 10.9 Å². The fourth-order valence-corrected chi connectivity index (χ4v) is 2.18. The Morgan fingerprint density at radius 2 is 2.28 bits per heavy atom. The molecule has 0 bridgehead atoms. The maximum absolute atomic E-state index is 12.1. The van der Waals surface area contributed by atoms with Crippen LogP contribution in [0.1, 0.15) is 32.1 Å². The van der Waals surface area contributed by atoms with E-state index in [1.54, 1.807) is 0 Å². The van der Waals surface area contributed by atoms with Crippen molar-refractivity contribution in [2.24, 2.45) is 0 Å². The largest absolute Gasteiger partial charge is 0.341 e. The average Bonchev–Trinajstić information content (AvgIpc) is 2.92. The van der Waals surface area contributed by atoms with Gasteiger partial charge in [-0.2, -0.15) is 4.98 Å². The molecular weight excluding hydrogens is 232 g/mol. The standard InChI is InChI=1S/C12H20N4O2/c1-10(12(17)16-7-3-2-4-8-16)13-6-5-11-14-9-15-18-11/h9-10,13H,2-8H2,1H3. The van der Waals surface area contributed by atoms with Crippen molar-refractivity contribution in [2.45, 2.75) is 38.6 Å². The first-order valence-corrected chi connectivity index (χ1v) is 6.55. The van der Waals surface area contributed by atoms with E-state index >= 15 is 0 Å². The first-order chi connectivity index (χ1) is 8.77. The molecule has 18 heavy (non-hydrogen) atoms. The van der Waals surface area contributed by atoms with Crippen LogP contribution in [0.2, 0.25) is 0 Å². The lowest BCUT2D eigenvalue weighted by molar-refractivity contribution is -0.133. The molecule has 0 aromatic carbocycles. The zero-order valence-corrected chi connectivity index (χ0v) is 10.8. The first-order valence-electron chi connectivity index (χ1n) is 6.55. The molecule has 0 aliphatic carbocycles. The molecule has 1 aromatic heterocycles. The molecule has 6 nitrogen and oxygen atoms in total. The molecule has 1 amide bonds. The molecule has 0 spiro atoms. The number of nitrogens with zero attached hydrogens (tertiary/aromatic N) is 3. The summed E-state index contributed by atoms with van der Waals surface area (Å²) in [5, 5.41) is 6.74. The van der Waals surface area contributed by atoms with Crippen molar-refractivity contribution in [2.75, 3.05) is 19.6 Å². The minimum atomic E-state index is -0.147. The Balaban J connectivity index is 1.70. The van der Waals surface area contributed by atoms with Crippen LogP contribution in [0.25, 0.3) is 0 Å². The molecule has 1 atom stereocenters. The lowest BCUT2D eigenvalue weighted by atomic mass is 10.1. The zero-order chi connectivity index (χ0) is 12.8. The summed E-state index contributed by atoms with van der Waals surface area (Å²) < 4.78 is 4.90. The summed E-state index contributed by atoms with van der Waals surface area (Å²) in [7, 11) is 0. The van der Waals surface area contributed by atoms with Gasteiger partial charge in [-0.15, -0.1) is 0 Å². The van der Waals surface area contributed by atoms with Crippen LogP contribution >= 0.6 is 0 Å². The Hall–Kier alpha value is -1.43. The third kappa shape index (κ3) is 3.53. The predicted octanol–water partition coefficient (Wildman–Crippen LogP) is 0.603. The number of carbonyl (C=O) groups excluding carboxylic acids is 1. The molecule has 1 aliphatic heterocycles. The average molecular weight is 252 g/mol. The van der Waals surface area contributed by atoms with Crippen LogP contribution in [0.3, 0.4) is 0 Å². The van der Waals surface area contributed by atoms with Gasteiger partial charge in [-0.05, 0) is 26.2 Å². The van der Waals surface area contributed by atoms with Gasteiger partial charge in [0.1, 0.15) is 0 Å². The van der Waals surface area contributed by atoms with Gasteiger partial charge in [0.25, 0.3) is 0 Å². The summed E-state index contributed by atoms with van der Waals surface area (Å²) in [6, 6.07) is -0.147. The Kier molecular flexibility index (Phi) is 4.69. The van der Waals surface area contributed by atoms with E-state index in [0.717, 1.165) is 25.9 Å². The molecule has 1 aromatic rings. The molecule has 1 N–H and O–H groups in total. The lowest BCUT2D eigenvalue weighted by Crippen LogP contribution is -2.47. The normalized spacial score (nSPS) is 17.7. The quantitative estimate of drug-likeness (QED) is 0.831. The maximum atomic E-state index is 12.1. The maximum Gasteiger partial charge on any atom is 0.239 e. The van der Waals surface area contributed by atoms with Gasteiger partial charge in [0.2, 0.25) is 11.8 Å². The first kappa shape index (κ1) is 13.0. The summed E-state index contributed by atoms with van der Waals surface area (Å²) in [5.74, 6) is 0.792. The van der Waals surface area contributed by atoms with Gasteiger partial charge in [-0.3, -0.25) is 4.79 Å². The van der Waals surface area contributed by atoms with Crippen LogP contribution in [-0.2, 0) is 11.2 Å². The van der Waals surface area contributed by atoms with Gasteiger partial charge >= 0.3 is 0 Å². The van der Waals surface area contributed by atoms with E-state index in [-0.39, 0.29) is 11.9 Å². The Bertz CT molecular complexity index is 360. The Morgan fingerprint density at radius 1 is 1.50 bits per heavy atom. The minimum Gasteiger partial charge on any atom is -0.341 e. The van der Waals surface area contributed by atoms with Crippen molar-refractivity contribution in [3.63, 3.8) is 0 Å². The molecule has 100 valence electrons. The summed E-state index contributed by atoms with van der Waals surface area (Å²) in [5.41, 5.74) is 0. The monoisotopic (exact) mass is 252 g/mol. The van der Waals surface area contributed by atoms with Crippen molar-refractivity contribution in [1.82, 2.24) is 20.4 Å². The highest BCUT2D eigenvalue weighted by atomic mass is 16.5. The third-order valence-electron chi connectivity index (χ3n) is 3.23. The molecule has 0 radical (unpaired) electrons. The van der Waals surface area contributed by atoms with E-state index in [1.807, 2.05) is 11.8 Å². The minimum absolute atomic E-state index is 0.147. The molecule has 1 fully saturated rings. The van der Waals surface area contributed by atoms with Gasteiger partial charge in [-0.25, -0.2) is 0 Å². The number of hydrogen-bond acceptors (Lipinski definition) is 5. The van der Waals surface area contributed by atoms with Crippen LogP contribution in [0, 0.1) is 0 Å². The lowest BCUT2D eigenvalue weighted by Gasteiger charge is -2.29. The van der Waals surface area contributed by atoms with E-state index in [0.29, 0.717) is 18.9 Å². The fraction of sp³-hybridized carbons (Fsp3) is 0.750. The SMILES string of the molecule is CC(NCCc1ncno1)C(=O)N1CCCCC1. The predicted molar refractivity (Wildman–Crippen MR) is 65.9 cm³/mol. The van der Waals surface area contributed by atoms with Crippen LogP contribution < -0.4 is 5.32 Å². The molecule has 1 saturated heterocycles.